The van der Waals surface area contributed by atoms with Gasteiger partial charge in [-0.3, -0.25) is 0 Å². The van der Waals surface area contributed by atoms with E-state index in [9.17, 15) is 4.79 Å². The molecule has 0 aliphatic carbocycles. The maximum Gasteiger partial charge on any atom is 0.409 e. The maximum absolute atomic E-state index is 11.6. The lowest BCUT2D eigenvalue weighted by atomic mass is 10.2. The fourth-order valence-corrected chi connectivity index (χ4v) is 2.11. The number of hydrogen-bond acceptors (Lipinski definition) is 4. The van der Waals surface area contributed by atoms with Gasteiger partial charge in [-0.25, -0.2) is 4.79 Å². The molecular formula is C14H17N3O2. The van der Waals surface area contributed by atoms with E-state index in [1.807, 2.05) is 31.2 Å². The van der Waals surface area contributed by atoms with Crippen LogP contribution in [0.4, 0.5) is 10.5 Å². The van der Waals surface area contributed by atoms with E-state index in [4.69, 9.17) is 10.00 Å². The molecule has 0 spiro atoms. The van der Waals surface area contributed by atoms with Crippen LogP contribution in [-0.2, 0) is 4.74 Å². The maximum atomic E-state index is 11.6. The molecule has 0 bridgehead atoms. The molecule has 0 aromatic heterocycles. The zero-order valence-corrected chi connectivity index (χ0v) is 11.0. The minimum absolute atomic E-state index is 0.234. The Morgan fingerprint density at radius 1 is 1.26 bits per heavy atom. The summed E-state index contributed by atoms with van der Waals surface area (Å²) in [6, 6.07) is 9.62. The van der Waals surface area contributed by atoms with Crippen molar-refractivity contribution in [1.82, 2.24) is 4.90 Å². The van der Waals surface area contributed by atoms with Gasteiger partial charge in [0.05, 0.1) is 18.2 Å². The molecule has 1 amide bonds. The number of nitrogens with zero attached hydrogens (tertiary/aromatic N) is 3. The number of nitriles is 1. The molecule has 0 N–H and O–H groups in total. The lowest BCUT2D eigenvalue weighted by Crippen LogP contribution is -2.49. The molecule has 0 radical (unpaired) electrons. The van der Waals surface area contributed by atoms with E-state index in [2.05, 4.69) is 11.0 Å². The number of rotatable bonds is 2. The van der Waals surface area contributed by atoms with Crippen LogP contribution < -0.4 is 4.90 Å². The zero-order chi connectivity index (χ0) is 13.7. The Bertz CT molecular complexity index is 470. The average Bonchev–Trinajstić information content (AvgIpc) is 2.48. The first kappa shape index (κ1) is 13.2. The third-order valence-corrected chi connectivity index (χ3v) is 3.17. The van der Waals surface area contributed by atoms with Gasteiger partial charge in [0.2, 0.25) is 0 Å². The lowest BCUT2D eigenvalue weighted by Gasteiger charge is -2.35. The average molecular weight is 259 g/mol. The number of amides is 1. The van der Waals surface area contributed by atoms with E-state index in [0.29, 0.717) is 25.3 Å². The van der Waals surface area contributed by atoms with E-state index in [1.165, 1.54) is 0 Å². The van der Waals surface area contributed by atoms with Crippen molar-refractivity contribution in [3.05, 3.63) is 29.8 Å². The summed E-state index contributed by atoms with van der Waals surface area (Å²) in [4.78, 5) is 15.5. The summed E-state index contributed by atoms with van der Waals surface area (Å²) in [5.41, 5.74) is 1.75. The van der Waals surface area contributed by atoms with Crippen molar-refractivity contribution in [3.63, 3.8) is 0 Å². The number of ether oxygens (including phenoxy) is 1. The second kappa shape index (κ2) is 6.10. The van der Waals surface area contributed by atoms with E-state index < -0.39 is 0 Å². The van der Waals surface area contributed by atoms with Gasteiger partial charge < -0.3 is 14.5 Å². The molecule has 1 aromatic rings. The van der Waals surface area contributed by atoms with Crippen LogP contribution in [0.5, 0.6) is 0 Å². The summed E-state index contributed by atoms with van der Waals surface area (Å²) in [6.45, 7) is 5.12. The highest BCUT2D eigenvalue weighted by atomic mass is 16.6. The number of anilines is 1. The molecule has 1 heterocycles. The second-order valence-electron chi connectivity index (χ2n) is 4.33. The molecule has 1 fully saturated rings. The highest BCUT2D eigenvalue weighted by molar-refractivity contribution is 5.68. The van der Waals surface area contributed by atoms with Crippen molar-refractivity contribution in [1.29, 1.82) is 5.26 Å². The predicted octanol–water partition coefficient (Wildman–Crippen LogP) is 1.84. The largest absolute Gasteiger partial charge is 0.450 e. The van der Waals surface area contributed by atoms with Gasteiger partial charge in [0.25, 0.3) is 0 Å². The SMILES string of the molecule is CCOC(=O)N1CCN(c2ccc(C#N)cc2)CC1. The van der Waals surface area contributed by atoms with Crippen LogP contribution in [0, 0.1) is 11.3 Å². The first-order valence-electron chi connectivity index (χ1n) is 6.41. The van der Waals surface area contributed by atoms with Crippen molar-refractivity contribution in [3.8, 4) is 6.07 Å². The molecule has 5 nitrogen and oxygen atoms in total. The minimum atomic E-state index is -0.234. The molecule has 2 rings (SSSR count). The lowest BCUT2D eigenvalue weighted by molar-refractivity contribution is 0.105. The fourth-order valence-electron chi connectivity index (χ4n) is 2.11. The fraction of sp³-hybridized carbons (Fsp3) is 0.429. The highest BCUT2D eigenvalue weighted by Gasteiger charge is 2.21. The third kappa shape index (κ3) is 3.16. The molecule has 5 heteroatoms. The monoisotopic (exact) mass is 259 g/mol. The second-order valence-corrected chi connectivity index (χ2v) is 4.33. The number of carbonyl (C=O) groups is 1. The normalized spacial score (nSPS) is 14.9. The molecule has 100 valence electrons. The van der Waals surface area contributed by atoms with Crippen LogP contribution in [-0.4, -0.2) is 43.8 Å². The topological polar surface area (TPSA) is 56.6 Å². The van der Waals surface area contributed by atoms with Gasteiger partial charge in [0, 0.05) is 31.9 Å². The van der Waals surface area contributed by atoms with Gasteiger partial charge in [-0.05, 0) is 31.2 Å². The predicted molar refractivity (Wildman–Crippen MR) is 72.0 cm³/mol. The molecule has 1 aliphatic heterocycles. The van der Waals surface area contributed by atoms with E-state index in [1.54, 1.807) is 4.90 Å². The molecule has 1 aromatic carbocycles. The summed E-state index contributed by atoms with van der Waals surface area (Å²) >= 11 is 0. The summed E-state index contributed by atoms with van der Waals surface area (Å²) in [6.07, 6.45) is -0.234. The van der Waals surface area contributed by atoms with Crippen LogP contribution in [0.2, 0.25) is 0 Å². The Hall–Kier alpha value is -2.22. The molecular weight excluding hydrogens is 242 g/mol. The number of carbonyl (C=O) groups excluding carboxylic acids is 1. The molecule has 0 unspecified atom stereocenters. The Labute approximate surface area is 113 Å². The van der Waals surface area contributed by atoms with Crippen LogP contribution in [0.3, 0.4) is 0 Å². The van der Waals surface area contributed by atoms with Crippen molar-refractivity contribution >= 4 is 11.8 Å². The quantitative estimate of drug-likeness (QED) is 0.813. The molecule has 0 atom stereocenters. The van der Waals surface area contributed by atoms with Gasteiger partial charge in [-0.15, -0.1) is 0 Å². The summed E-state index contributed by atoms with van der Waals surface area (Å²) in [5, 5.41) is 8.76. The van der Waals surface area contributed by atoms with Crippen molar-refractivity contribution in [2.24, 2.45) is 0 Å². The summed E-state index contributed by atoms with van der Waals surface area (Å²) < 4.78 is 4.99. The van der Waals surface area contributed by atoms with E-state index >= 15 is 0 Å². The first-order valence-corrected chi connectivity index (χ1v) is 6.41. The van der Waals surface area contributed by atoms with Crippen molar-refractivity contribution < 1.29 is 9.53 Å². The zero-order valence-electron chi connectivity index (χ0n) is 11.0. The Balaban J connectivity index is 1.92. The summed E-state index contributed by atoms with van der Waals surface area (Å²) in [5.74, 6) is 0. The first-order chi connectivity index (χ1) is 9.24. The molecule has 0 saturated carbocycles. The Morgan fingerprint density at radius 2 is 1.89 bits per heavy atom. The van der Waals surface area contributed by atoms with Crippen LogP contribution >= 0.6 is 0 Å². The van der Waals surface area contributed by atoms with Crippen LogP contribution in [0.15, 0.2) is 24.3 Å². The van der Waals surface area contributed by atoms with Gasteiger partial charge in [0.15, 0.2) is 0 Å². The highest BCUT2D eigenvalue weighted by Crippen LogP contribution is 2.17. The molecule has 19 heavy (non-hydrogen) atoms. The van der Waals surface area contributed by atoms with Crippen LogP contribution in [0.1, 0.15) is 12.5 Å². The van der Waals surface area contributed by atoms with Crippen molar-refractivity contribution in [2.75, 3.05) is 37.7 Å². The molecule has 1 aliphatic rings. The number of benzene rings is 1. The number of piperazine rings is 1. The van der Waals surface area contributed by atoms with Gasteiger partial charge >= 0.3 is 6.09 Å². The van der Waals surface area contributed by atoms with E-state index in [0.717, 1.165) is 18.8 Å². The Morgan fingerprint density at radius 3 is 2.42 bits per heavy atom. The van der Waals surface area contributed by atoms with Gasteiger partial charge in [-0.2, -0.15) is 5.26 Å². The van der Waals surface area contributed by atoms with Gasteiger partial charge in [-0.1, -0.05) is 0 Å². The molecule has 1 saturated heterocycles. The Kier molecular flexibility index (Phi) is 4.24. The third-order valence-electron chi connectivity index (χ3n) is 3.17. The van der Waals surface area contributed by atoms with Gasteiger partial charge in [0.1, 0.15) is 0 Å². The smallest absolute Gasteiger partial charge is 0.409 e. The summed E-state index contributed by atoms with van der Waals surface area (Å²) in [7, 11) is 0. The number of hydrogen-bond donors (Lipinski definition) is 0. The van der Waals surface area contributed by atoms with E-state index in [-0.39, 0.29) is 6.09 Å². The minimum Gasteiger partial charge on any atom is -0.450 e. The van der Waals surface area contributed by atoms with Crippen molar-refractivity contribution in [2.45, 2.75) is 6.92 Å². The van der Waals surface area contributed by atoms with Crippen LogP contribution in [0.25, 0.3) is 0 Å². The standard InChI is InChI=1S/C14H17N3O2/c1-2-19-14(18)17-9-7-16(8-10-17)13-5-3-12(11-15)4-6-13/h3-6H,2,7-10H2,1H3.